The SMILES string of the molecule is COCCN1CCO[C@H](C(=O)N[C@H](C(=O)N2CCCC2C(=O)NCc2ccc(-c3scnc3C)cc2)C(C)(C)C)C1. The van der Waals surface area contributed by atoms with E-state index in [1.807, 2.05) is 57.5 Å². The van der Waals surface area contributed by atoms with Gasteiger partial charge in [-0.2, -0.15) is 0 Å². The number of aromatic nitrogens is 1. The second-order valence-corrected chi connectivity index (χ2v) is 12.7. The molecule has 224 valence electrons. The monoisotopic (exact) mass is 585 g/mol. The number of nitrogens with zero attached hydrogens (tertiary/aromatic N) is 3. The van der Waals surface area contributed by atoms with Crippen molar-refractivity contribution in [3.63, 3.8) is 0 Å². The third-order valence-corrected chi connectivity index (χ3v) is 8.70. The zero-order valence-corrected chi connectivity index (χ0v) is 25.6. The summed E-state index contributed by atoms with van der Waals surface area (Å²) in [7, 11) is 1.65. The summed E-state index contributed by atoms with van der Waals surface area (Å²) in [5.41, 5.74) is 4.36. The Morgan fingerprint density at radius 3 is 2.59 bits per heavy atom. The zero-order valence-electron chi connectivity index (χ0n) is 24.8. The number of amides is 3. The molecule has 4 rings (SSSR count). The molecule has 1 unspecified atom stereocenters. The molecular formula is C30H43N5O5S. The lowest BCUT2D eigenvalue weighted by atomic mass is 9.85. The van der Waals surface area contributed by atoms with E-state index in [1.165, 1.54) is 0 Å². The Balaban J connectivity index is 1.36. The van der Waals surface area contributed by atoms with Crippen LogP contribution in [0.5, 0.6) is 0 Å². The first kappa shape index (κ1) is 31.1. The zero-order chi connectivity index (χ0) is 29.6. The van der Waals surface area contributed by atoms with E-state index in [4.69, 9.17) is 9.47 Å². The number of morpholine rings is 1. The standard InChI is InChI=1S/C30H43N5O5S/c1-20-25(41-19-32-20)22-10-8-21(9-11-22)17-31-27(36)23-7-6-12-35(23)29(38)26(30(2,3)4)33-28(37)24-18-34(13-15-39-5)14-16-40-24/h8-11,19,23-24,26H,6-7,12-18H2,1-5H3,(H,31,36)(H,33,37)/t23?,24-,26+/m0/s1. The van der Waals surface area contributed by atoms with Crippen LogP contribution in [0.4, 0.5) is 0 Å². The van der Waals surface area contributed by atoms with Crippen molar-refractivity contribution < 1.29 is 23.9 Å². The van der Waals surface area contributed by atoms with Crippen LogP contribution in [0.15, 0.2) is 29.8 Å². The highest BCUT2D eigenvalue weighted by atomic mass is 32.1. The van der Waals surface area contributed by atoms with E-state index < -0.39 is 23.6 Å². The van der Waals surface area contributed by atoms with Gasteiger partial charge < -0.3 is 25.0 Å². The van der Waals surface area contributed by atoms with E-state index in [2.05, 4.69) is 20.5 Å². The number of methoxy groups -OCH3 is 1. The van der Waals surface area contributed by atoms with Crippen molar-refractivity contribution in [3.05, 3.63) is 41.0 Å². The number of carbonyl (C=O) groups excluding carboxylic acids is 3. The normalized spacial score (nSPS) is 20.6. The number of aryl methyl sites for hydroxylation is 1. The Bertz CT molecular complexity index is 1190. The van der Waals surface area contributed by atoms with Gasteiger partial charge in [0, 0.05) is 39.8 Å². The molecule has 0 saturated carbocycles. The molecule has 2 N–H and O–H groups in total. The molecule has 3 amide bonds. The number of rotatable bonds is 10. The number of ether oxygens (including phenoxy) is 2. The number of thiazole rings is 1. The summed E-state index contributed by atoms with van der Waals surface area (Å²) in [6.45, 7) is 11.5. The number of nitrogens with one attached hydrogen (secondary N) is 2. The van der Waals surface area contributed by atoms with Gasteiger partial charge in [-0.25, -0.2) is 4.98 Å². The number of likely N-dealkylation sites (tertiary alicyclic amines) is 1. The molecule has 0 radical (unpaired) electrons. The first-order valence-electron chi connectivity index (χ1n) is 14.3. The van der Waals surface area contributed by atoms with Crippen LogP contribution in [0.2, 0.25) is 0 Å². The van der Waals surface area contributed by atoms with Crippen LogP contribution in [0, 0.1) is 12.3 Å². The fourth-order valence-electron chi connectivity index (χ4n) is 5.30. The second kappa shape index (κ2) is 13.9. The number of carbonyl (C=O) groups is 3. The minimum absolute atomic E-state index is 0.179. The average molecular weight is 586 g/mol. The van der Waals surface area contributed by atoms with Crippen LogP contribution in [-0.4, -0.2) is 97.2 Å². The fourth-order valence-corrected chi connectivity index (χ4v) is 6.11. The summed E-state index contributed by atoms with van der Waals surface area (Å²) < 4.78 is 10.9. The number of hydrogen-bond acceptors (Lipinski definition) is 8. The van der Waals surface area contributed by atoms with E-state index >= 15 is 0 Å². The maximum absolute atomic E-state index is 13.8. The quantitative estimate of drug-likeness (QED) is 0.441. The van der Waals surface area contributed by atoms with Crippen molar-refractivity contribution in [2.24, 2.45) is 5.41 Å². The molecule has 10 nitrogen and oxygen atoms in total. The summed E-state index contributed by atoms with van der Waals surface area (Å²) in [5, 5.41) is 5.99. The highest BCUT2D eigenvalue weighted by molar-refractivity contribution is 7.13. The van der Waals surface area contributed by atoms with Crippen LogP contribution >= 0.6 is 11.3 Å². The first-order valence-corrected chi connectivity index (χ1v) is 15.2. The molecular weight excluding hydrogens is 542 g/mol. The van der Waals surface area contributed by atoms with Gasteiger partial charge in [0.25, 0.3) is 5.91 Å². The van der Waals surface area contributed by atoms with E-state index in [-0.39, 0.29) is 17.7 Å². The molecule has 2 aliphatic rings. The predicted octanol–water partition coefficient (Wildman–Crippen LogP) is 2.60. The Hall–Kier alpha value is -2.86. The van der Waals surface area contributed by atoms with Gasteiger partial charge in [-0.15, -0.1) is 11.3 Å². The summed E-state index contributed by atoms with van der Waals surface area (Å²) in [6, 6.07) is 6.72. The Labute approximate surface area is 246 Å². The van der Waals surface area contributed by atoms with Crippen LogP contribution in [-0.2, 0) is 30.4 Å². The molecule has 41 heavy (non-hydrogen) atoms. The van der Waals surface area contributed by atoms with E-state index in [1.54, 1.807) is 23.3 Å². The molecule has 2 saturated heterocycles. The lowest BCUT2D eigenvalue weighted by Crippen LogP contribution is -2.60. The van der Waals surface area contributed by atoms with Crippen LogP contribution in [0.3, 0.4) is 0 Å². The fraction of sp³-hybridized carbons (Fsp3) is 0.600. The minimum atomic E-state index is -0.788. The van der Waals surface area contributed by atoms with E-state index in [0.717, 1.165) is 34.7 Å². The Kier molecular flexibility index (Phi) is 10.5. The van der Waals surface area contributed by atoms with Crippen molar-refractivity contribution in [1.82, 2.24) is 25.4 Å². The van der Waals surface area contributed by atoms with Crippen molar-refractivity contribution >= 4 is 29.1 Å². The molecule has 0 bridgehead atoms. The maximum Gasteiger partial charge on any atom is 0.251 e. The van der Waals surface area contributed by atoms with Crippen molar-refractivity contribution in [3.8, 4) is 10.4 Å². The van der Waals surface area contributed by atoms with Crippen molar-refractivity contribution in [1.29, 1.82) is 0 Å². The van der Waals surface area contributed by atoms with Gasteiger partial charge >= 0.3 is 0 Å². The predicted molar refractivity (Wildman–Crippen MR) is 158 cm³/mol. The molecule has 0 aliphatic carbocycles. The molecule has 11 heteroatoms. The molecule has 1 aromatic heterocycles. The van der Waals surface area contributed by atoms with Gasteiger partial charge in [0.2, 0.25) is 11.8 Å². The average Bonchev–Trinajstić information content (AvgIpc) is 3.62. The molecule has 1 aromatic carbocycles. The second-order valence-electron chi connectivity index (χ2n) is 11.8. The van der Waals surface area contributed by atoms with Crippen LogP contribution in [0.1, 0.15) is 44.9 Å². The van der Waals surface area contributed by atoms with Crippen LogP contribution < -0.4 is 10.6 Å². The summed E-state index contributed by atoms with van der Waals surface area (Å²) in [5.74, 6) is -0.723. The topological polar surface area (TPSA) is 113 Å². The number of benzene rings is 1. The molecule has 2 fully saturated rings. The third-order valence-electron chi connectivity index (χ3n) is 7.72. The summed E-state index contributed by atoms with van der Waals surface area (Å²) >= 11 is 1.61. The van der Waals surface area contributed by atoms with Gasteiger partial charge in [-0.1, -0.05) is 45.0 Å². The van der Waals surface area contributed by atoms with Gasteiger partial charge in [-0.05, 0) is 36.3 Å². The third kappa shape index (κ3) is 7.91. The minimum Gasteiger partial charge on any atom is -0.383 e. The lowest BCUT2D eigenvalue weighted by Gasteiger charge is -2.37. The van der Waals surface area contributed by atoms with E-state index in [0.29, 0.717) is 45.8 Å². The lowest BCUT2D eigenvalue weighted by molar-refractivity contribution is -0.148. The summed E-state index contributed by atoms with van der Waals surface area (Å²) in [6.07, 6.45) is 0.659. The van der Waals surface area contributed by atoms with Gasteiger partial charge in [0.15, 0.2) is 0 Å². The van der Waals surface area contributed by atoms with E-state index in [9.17, 15) is 14.4 Å². The Morgan fingerprint density at radius 2 is 1.93 bits per heavy atom. The van der Waals surface area contributed by atoms with Crippen LogP contribution in [0.25, 0.3) is 10.4 Å². The Morgan fingerprint density at radius 1 is 1.17 bits per heavy atom. The first-order chi connectivity index (χ1) is 19.6. The van der Waals surface area contributed by atoms with Gasteiger partial charge in [0.05, 0.1) is 29.3 Å². The van der Waals surface area contributed by atoms with Gasteiger partial charge in [-0.3, -0.25) is 19.3 Å². The number of hydrogen-bond donors (Lipinski definition) is 2. The molecule has 2 aliphatic heterocycles. The molecule has 3 atom stereocenters. The smallest absolute Gasteiger partial charge is 0.251 e. The largest absolute Gasteiger partial charge is 0.383 e. The molecule has 0 spiro atoms. The maximum atomic E-state index is 13.8. The highest BCUT2D eigenvalue weighted by Crippen LogP contribution is 2.28. The van der Waals surface area contributed by atoms with Gasteiger partial charge in [0.1, 0.15) is 18.2 Å². The summed E-state index contributed by atoms with van der Waals surface area (Å²) in [4.78, 5) is 49.6. The van der Waals surface area contributed by atoms with Crippen molar-refractivity contribution in [2.75, 3.05) is 46.5 Å². The van der Waals surface area contributed by atoms with Crippen molar-refractivity contribution in [2.45, 2.75) is 65.3 Å². The molecule has 3 heterocycles. The molecule has 2 aromatic rings. The highest BCUT2D eigenvalue weighted by Gasteiger charge is 2.42.